The SMILES string of the molecule is CCOC(=O)c1csc2nc(Cl)nc(N3CC(C)CC(C)C3)c12. The topological polar surface area (TPSA) is 55.3 Å². The molecule has 0 amide bonds. The quantitative estimate of drug-likeness (QED) is 0.616. The molecular weight excluding hydrogens is 334 g/mol. The molecule has 1 fully saturated rings. The second-order valence-electron chi connectivity index (χ2n) is 6.22. The molecular formula is C16H20ClN3O2S. The number of anilines is 1. The lowest BCUT2D eigenvalue weighted by Gasteiger charge is -2.36. The van der Waals surface area contributed by atoms with Crippen molar-refractivity contribution in [3.8, 4) is 0 Å². The highest BCUT2D eigenvalue weighted by Crippen LogP contribution is 2.36. The Morgan fingerprint density at radius 2 is 2.09 bits per heavy atom. The maximum absolute atomic E-state index is 12.2. The number of rotatable bonds is 3. The van der Waals surface area contributed by atoms with Crippen LogP contribution in [0, 0.1) is 11.8 Å². The van der Waals surface area contributed by atoms with Gasteiger partial charge in [0.15, 0.2) is 0 Å². The molecule has 23 heavy (non-hydrogen) atoms. The van der Waals surface area contributed by atoms with Crippen molar-refractivity contribution in [1.82, 2.24) is 9.97 Å². The minimum absolute atomic E-state index is 0.218. The van der Waals surface area contributed by atoms with E-state index in [9.17, 15) is 4.79 Å². The Balaban J connectivity index is 2.11. The van der Waals surface area contributed by atoms with Gasteiger partial charge in [0.1, 0.15) is 10.6 Å². The molecule has 0 radical (unpaired) electrons. The predicted octanol–water partition coefficient (Wildman–Crippen LogP) is 4.00. The van der Waals surface area contributed by atoms with Gasteiger partial charge in [0.2, 0.25) is 5.28 Å². The van der Waals surface area contributed by atoms with Gasteiger partial charge in [-0.25, -0.2) is 9.78 Å². The van der Waals surface area contributed by atoms with Crippen LogP contribution in [0.25, 0.3) is 10.2 Å². The van der Waals surface area contributed by atoms with Crippen LogP contribution in [0.15, 0.2) is 5.38 Å². The molecule has 2 atom stereocenters. The Morgan fingerprint density at radius 3 is 2.74 bits per heavy atom. The second kappa shape index (κ2) is 6.61. The van der Waals surface area contributed by atoms with Crippen molar-refractivity contribution in [1.29, 1.82) is 0 Å². The van der Waals surface area contributed by atoms with Crippen LogP contribution in [-0.4, -0.2) is 35.6 Å². The van der Waals surface area contributed by atoms with E-state index in [-0.39, 0.29) is 11.3 Å². The number of carbonyl (C=O) groups is 1. The van der Waals surface area contributed by atoms with Crippen molar-refractivity contribution in [3.05, 3.63) is 16.2 Å². The molecule has 0 N–H and O–H groups in total. The molecule has 2 aromatic heterocycles. The van der Waals surface area contributed by atoms with Crippen LogP contribution >= 0.6 is 22.9 Å². The highest BCUT2D eigenvalue weighted by molar-refractivity contribution is 7.17. The maximum atomic E-state index is 12.2. The highest BCUT2D eigenvalue weighted by atomic mass is 35.5. The molecule has 5 nitrogen and oxygen atoms in total. The smallest absolute Gasteiger partial charge is 0.339 e. The molecule has 0 aliphatic carbocycles. The van der Waals surface area contributed by atoms with Gasteiger partial charge in [0.25, 0.3) is 0 Å². The Labute approximate surface area is 144 Å². The van der Waals surface area contributed by atoms with Crippen molar-refractivity contribution < 1.29 is 9.53 Å². The van der Waals surface area contributed by atoms with E-state index < -0.39 is 0 Å². The summed E-state index contributed by atoms with van der Waals surface area (Å²) in [6.45, 7) is 8.44. The number of thiophene rings is 1. The summed E-state index contributed by atoms with van der Waals surface area (Å²) in [5.41, 5.74) is 0.532. The highest BCUT2D eigenvalue weighted by Gasteiger charge is 2.27. The minimum Gasteiger partial charge on any atom is -0.462 e. The van der Waals surface area contributed by atoms with E-state index in [1.807, 2.05) is 0 Å². The molecule has 0 saturated carbocycles. The van der Waals surface area contributed by atoms with Crippen LogP contribution in [0.2, 0.25) is 5.28 Å². The van der Waals surface area contributed by atoms with Gasteiger partial charge in [-0.1, -0.05) is 13.8 Å². The number of hydrogen-bond acceptors (Lipinski definition) is 6. The monoisotopic (exact) mass is 353 g/mol. The number of halogens is 1. The van der Waals surface area contributed by atoms with E-state index >= 15 is 0 Å². The van der Waals surface area contributed by atoms with E-state index in [1.165, 1.54) is 17.8 Å². The van der Waals surface area contributed by atoms with Crippen molar-refractivity contribution in [3.63, 3.8) is 0 Å². The van der Waals surface area contributed by atoms with Gasteiger partial charge in [0, 0.05) is 18.5 Å². The molecule has 3 heterocycles. The van der Waals surface area contributed by atoms with E-state index in [4.69, 9.17) is 16.3 Å². The normalized spacial score (nSPS) is 21.7. The lowest BCUT2D eigenvalue weighted by molar-refractivity contribution is 0.0529. The number of piperidine rings is 1. The number of ether oxygens (including phenoxy) is 1. The average molecular weight is 354 g/mol. The number of esters is 1. The molecule has 0 bridgehead atoms. The molecule has 1 aliphatic rings. The second-order valence-corrected chi connectivity index (χ2v) is 7.41. The zero-order chi connectivity index (χ0) is 16.6. The molecule has 0 aromatic carbocycles. The number of hydrogen-bond donors (Lipinski definition) is 0. The summed E-state index contributed by atoms with van der Waals surface area (Å²) in [6.07, 6.45) is 1.20. The molecule has 124 valence electrons. The summed E-state index contributed by atoms with van der Waals surface area (Å²) in [7, 11) is 0. The van der Waals surface area contributed by atoms with Crippen LogP contribution in [0.5, 0.6) is 0 Å². The van der Waals surface area contributed by atoms with Crippen LogP contribution in [0.4, 0.5) is 5.82 Å². The minimum atomic E-state index is -0.330. The van der Waals surface area contributed by atoms with Gasteiger partial charge in [-0.2, -0.15) is 4.98 Å². The number of carbonyl (C=O) groups excluding carboxylic acids is 1. The molecule has 1 saturated heterocycles. The fraction of sp³-hybridized carbons (Fsp3) is 0.562. The summed E-state index contributed by atoms with van der Waals surface area (Å²) < 4.78 is 5.17. The summed E-state index contributed by atoms with van der Waals surface area (Å²) in [5, 5.41) is 2.77. The molecule has 7 heteroatoms. The largest absolute Gasteiger partial charge is 0.462 e. The van der Waals surface area contributed by atoms with Crippen molar-refractivity contribution in [2.24, 2.45) is 11.8 Å². The van der Waals surface area contributed by atoms with Crippen molar-refractivity contribution in [2.75, 3.05) is 24.6 Å². The van der Waals surface area contributed by atoms with Crippen LogP contribution in [-0.2, 0) is 4.74 Å². The number of aromatic nitrogens is 2. The Morgan fingerprint density at radius 1 is 1.39 bits per heavy atom. The van der Waals surface area contributed by atoms with Gasteiger partial charge >= 0.3 is 5.97 Å². The number of nitrogens with zero attached hydrogens (tertiary/aromatic N) is 3. The third kappa shape index (κ3) is 3.28. The van der Waals surface area contributed by atoms with Gasteiger partial charge < -0.3 is 9.64 Å². The summed E-state index contributed by atoms with van der Waals surface area (Å²) in [4.78, 5) is 23.9. The van der Waals surface area contributed by atoms with Crippen molar-refractivity contribution >= 4 is 44.9 Å². The first-order valence-corrected chi connectivity index (χ1v) is 9.12. The van der Waals surface area contributed by atoms with E-state index in [1.54, 1.807) is 12.3 Å². The Bertz CT molecular complexity index is 723. The van der Waals surface area contributed by atoms with Crippen molar-refractivity contribution in [2.45, 2.75) is 27.2 Å². The fourth-order valence-corrected chi connectivity index (χ4v) is 4.44. The maximum Gasteiger partial charge on any atom is 0.339 e. The molecule has 0 spiro atoms. The predicted molar refractivity (Wildman–Crippen MR) is 93.5 cm³/mol. The van der Waals surface area contributed by atoms with Crippen LogP contribution in [0.1, 0.15) is 37.6 Å². The Hall–Kier alpha value is -1.40. The van der Waals surface area contributed by atoms with E-state index in [0.717, 1.165) is 29.1 Å². The third-order valence-electron chi connectivity index (χ3n) is 4.05. The summed E-state index contributed by atoms with van der Waals surface area (Å²) in [5.74, 6) is 1.58. The first kappa shape index (κ1) is 16.5. The summed E-state index contributed by atoms with van der Waals surface area (Å²) in [6, 6.07) is 0. The van der Waals surface area contributed by atoms with Gasteiger partial charge in [0.05, 0.1) is 17.6 Å². The molecule has 1 aliphatic heterocycles. The molecule has 3 rings (SSSR count). The first-order chi connectivity index (χ1) is 11.0. The standard InChI is InChI=1S/C16H20ClN3O2S/c1-4-22-15(21)11-8-23-14-12(11)13(18-16(17)19-14)20-6-9(2)5-10(3)7-20/h8-10H,4-7H2,1-3H3. The Kier molecular flexibility index (Phi) is 4.73. The lowest BCUT2D eigenvalue weighted by atomic mass is 9.92. The van der Waals surface area contributed by atoms with Gasteiger partial charge in [-0.05, 0) is 36.8 Å². The van der Waals surface area contributed by atoms with Gasteiger partial charge in [-0.3, -0.25) is 0 Å². The fourth-order valence-electron chi connectivity index (χ4n) is 3.32. The van der Waals surface area contributed by atoms with Crippen LogP contribution < -0.4 is 4.90 Å². The summed E-state index contributed by atoms with van der Waals surface area (Å²) >= 11 is 7.51. The molecule has 2 unspecified atom stereocenters. The van der Waals surface area contributed by atoms with Gasteiger partial charge in [-0.15, -0.1) is 11.3 Å². The molecule has 2 aromatic rings. The van der Waals surface area contributed by atoms with Crippen LogP contribution in [0.3, 0.4) is 0 Å². The zero-order valence-electron chi connectivity index (χ0n) is 13.5. The average Bonchev–Trinajstić information content (AvgIpc) is 2.89. The number of fused-ring (bicyclic) bond motifs is 1. The van der Waals surface area contributed by atoms with E-state index in [2.05, 4.69) is 28.7 Å². The first-order valence-electron chi connectivity index (χ1n) is 7.86. The zero-order valence-corrected chi connectivity index (χ0v) is 15.1. The van der Waals surface area contributed by atoms with E-state index in [0.29, 0.717) is 24.0 Å². The lowest BCUT2D eigenvalue weighted by Crippen LogP contribution is -2.39. The third-order valence-corrected chi connectivity index (χ3v) is 5.09.